The van der Waals surface area contributed by atoms with E-state index in [9.17, 15) is 14.0 Å². The highest BCUT2D eigenvalue weighted by Gasteiger charge is 2.40. The van der Waals surface area contributed by atoms with E-state index >= 15 is 0 Å². The fourth-order valence-corrected chi connectivity index (χ4v) is 5.99. The smallest absolute Gasteiger partial charge is 0.257 e. The lowest BCUT2D eigenvalue weighted by molar-refractivity contribution is -0.123. The number of carbonyl (C=O) groups is 2. The van der Waals surface area contributed by atoms with Crippen molar-refractivity contribution in [2.24, 2.45) is 5.92 Å². The predicted molar refractivity (Wildman–Crippen MR) is 152 cm³/mol. The Morgan fingerprint density at radius 3 is 2.38 bits per heavy atom. The Kier molecular flexibility index (Phi) is 8.22. The number of ether oxygens (including phenoxy) is 1. The van der Waals surface area contributed by atoms with Gasteiger partial charge in [0.2, 0.25) is 5.91 Å². The summed E-state index contributed by atoms with van der Waals surface area (Å²) in [5, 5.41) is 3.57. The lowest BCUT2D eigenvalue weighted by Gasteiger charge is -2.41. The lowest BCUT2D eigenvalue weighted by Crippen LogP contribution is -2.46. The zero-order chi connectivity index (χ0) is 27.5. The second-order valence-electron chi connectivity index (χ2n) is 10.7. The van der Waals surface area contributed by atoms with Crippen LogP contribution in [-0.2, 0) is 4.79 Å². The molecule has 2 fully saturated rings. The van der Waals surface area contributed by atoms with E-state index in [4.69, 9.17) is 16.3 Å². The summed E-state index contributed by atoms with van der Waals surface area (Å²) < 4.78 is 21.0. The van der Waals surface area contributed by atoms with Crippen molar-refractivity contribution >= 4 is 29.1 Å². The van der Waals surface area contributed by atoms with Gasteiger partial charge in [0.05, 0.1) is 23.6 Å². The number of hydrogen-bond acceptors (Lipinski definition) is 3. The van der Waals surface area contributed by atoms with Crippen LogP contribution in [0.1, 0.15) is 71.6 Å². The number of aryl methyl sites for hydroxylation is 2. The van der Waals surface area contributed by atoms with Gasteiger partial charge >= 0.3 is 0 Å². The highest BCUT2D eigenvalue weighted by atomic mass is 35.5. The van der Waals surface area contributed by atoms with Gasteiger partial charge in [-0.1, -0.05) is 41.9 Å². The average molecular weight is 549 g/mol. The van der Waals surface area contributed by atoms with E-state index in [1.807, 2.05) is 43.3 Å². The number of piperidine rings is 1. The summed E-state index contributed by atoms with van der Waals surface area (Å²) in [6.07, 6.45) is 5.93. The van der Waals surface area contributed by atoms with Gasteiger partial charge in [-0.15, -0.1) is 0 Å². The molecule has 1 aliphatic heterocycles. The molecule has 1 heterocycles. The maximum atomic E-state index is 14.9. The maximum Gasteiger partial charge on any atom is 0.257 e. The van der Waals surface area contributed by atoms with Crippen LogP contribution in [0.2, 0.25) is 5.02 Å². The van der Waals surface area contributed by atoms with Crippen molar-refractivity contribution in [1.29, 1.82) is 0 Å². The van der Waals surface area contributed by atoms with Crippen LogP contribution in [0.3, 0.4) is 0 Å². The molecule has 2 amide bonds. The van der Waals surface area contributed by atoms with Gasteiger partial charge in [-0.05, 0) is 99.4 Å². The molecule has 1 saturated heterocycles. The van der Waals surface area contributed by atoms with E-state index in [1.54, 1.807) is 30.0 Å². The fourth-order valence-electron chi connectivity index (χ4n) is 5.80. The first-order valence-electron chi connectivity index (χ1n) is 13.7. The number of rotatable bonds is 6. The second-order valence-corrected chi connectivity index (χ2v) is 11.1. The second kappa shape index (κ2) is 11.8. The van der Waals surface area contributed by atoms with E-state index in [0.29, 0.717) is 35.7 Å². The minimum absolute atomic E-state index is 0.0510. The van der Waals surface area contributed by atoms with Crippen LogP contribution in [0.25, 0.3) is 0 Å². The predicted octanol–water partition coefficient (Wildman–Crippen LogP) is 7.65. The summed E-state index contributed by atoms with van der Waals surface area (Å²) in [6.45, 7) is 4.06. The molecule has 3 aromatic rings. The zero-order valence-corrected chi connectivity index (χ0v) is 23.1. The Labute approximate surface area is 234 Å². The molecule has 0 spiro atoms. The zero-order valence-electron chi connectivity index (χ0n) is 22.4. The summed E-state index contributed by atoms with van der Waals surface area (Å²) in [5.74, 6) is -0.914. The number of benzene rings is 3. The number of halogens is 2. The van der Waals surface area contributed by atoms with E-state index < -0.39 is 23.7 Å². The summed E-state index contributed by atoms with van der Waals surface area (Å²) in [7, 11) is 0. The minimum atomic E-state index is -0.563. The van der Waals surface area contributed by atoms with Crippen LogP contribution in [0.15, 0.2) is 60.7 Å². The monoisotopic (exact) mass is 548 g/mol. The van der Waals surface area contributed by atoms with Crippen molar-refractivity contribution in [3.63, 3.8) is 0 Å². The first kappa shape index (κ1) is 27.2. The van der Waals surface area contributed by atoms with Gasteiger partial charge in [0.1, 0.15) is 11.6 Å². The van der Waals surface area contributed by atoms with Gasteiger partial charge < -0.3 is 15.0 Å². The van der Waals surface area contributed by atoms with Crippen molar-refractivity contribution in [1.82, 2.24) is 4.90 Å². The normalized spacial score (nSPS) is 19.6. The molecule has 0 bridgehead atoms. The standard InChI is InChI=1S/C32H34ClFN2O3/c1-20-12-15-23(19-27(20)33)35-31(37)26-10-6-18-36(32(38)29-21(2)7-5-11-28(29)34)30(26)22-13-16-25(17-14-22)39-24-8-3-4-9-24/h5,7,11-17,19,24,26,30H,3-4,6,8-10,18H2,1-2H3,(H,35,37)/t26-,30-/m0/s1. The molecule has 5 nitrogen and oxygen atoms in total. The molecular weight excluding hydrogens is 515 g/mol. The third kappa shape index (κ3) is 5.96. The molecule has 5 rings (SSSR count). The van der Waals surface area contributed by atoms with Crippen LogP contribution in [0.5, 0.6) is 5.75 Å². The van der Waals surface area contributed by atoms with E-state index in [0.717, 1.165) is 29.7 Å². The minimum Gasteiger partial charge on any atom is -0.490 e. The van der Waals surface area contributed by atoms with Crippen molar-refractivity contribution in [3.05, 3.63) is 93.8 Å². The Morgan fingerprint density at radius 2 is 1.69 bits per heavy atom. The quantitative estimate of drug-likeness (QED) is 0.344. The van der Waals surface area contributed by atoms with Crippen LogP contribution < -0.4 is 10.1 Å². The molecule has 39 heavy (non-hydrogen) atoms. The van der Waals surface area contributed by atoms with Crippen LogP contribution in [0, 0.1) is 25.6 Å². The molecule has 7 heteroatoms. The summed E-state index contributed by atoms with van der Waals surface area (Å²) in [4.78, 5) is 29.2. The first-order chi connectivity index (χ1) is 18.8. The molecule has 1 aliphatic carbocycles. The third-order valence-corrected chi connectivity index (χ3v) is 8.34. The van der Waals surface area contributed by atoms with Gasteiger partial charge in [0, 0.05) is 17.3 Å². The Morgan fingerprint density at radius 1 is 0.949 bits per heavy atom. The molecule has 0 aromatic heterocycles. The Hall–Kier alpha value is -3.38. The Bertz CT molecular complexity index is 1330. The molecule has 3 aromatic carbocycles. The fraction of sp³-hybridized carbons (Fsp3) is 0.375. The lowest BCUT2D eigenvalue weighted by atomic mass is 9.83. The molecule has 2 atom stereocenters. The summed E-state index contributed by atoms with van der Waals surface area (Å²) in [6, 6.07) is 17.2. The van der Waals surface area contributed by atoms with E-state index in [1.165, 1.54) is 18.9 Å². The van der Waals surface area contributed by atoms with Gasteiger partial charge in [0.25, 0.3) is 5.91 Å². The number of carbonyl (C=O) groups excluding carboxylic acids is 2. The van der Waals surface area contributed by atoms with E-state index in [2.05, 4.69) is 5.32 Å². The van der Waals surface area contributed by atoms with Gasteiger partial charge in [-0.25, -0.2) is 4.39 Å². The number of nitrogens with zero attached hydrogens (tertiary/aromatic N) is 1. The summed E-state index contributed by atoms with van der Waals surface area (Å²) in [5.41, 5.74) is 2.96. The van der Waals surface area contributed by atoms with Gasteiger partial charge in [-0.2, -0.15) is 0 Å². The maximum absolute atomic E-state index is 14.9. The molecule has 1 saturated carbocycles. The van der Waals surface area contributed by atoms with Gasteiger partial charge in [-0.3, -0.25) is 9.59 Å². The molecule has 204 valence electrons. The largest absolute Gasteiger partial charge is 0.490 e. The number of hydrogen-bond donors (Lipinski definition) is 1. The van der Waals surface area contributed by atoms with Crippen molar-refractivity contribution in [2.75, 3.05) is 11.9 Å². The number of likely N-dealkylation sites (tertiary alicyclic amines) is 1. The summed E-state index contributed by atoms with van der Waals surface area (Å²) >= 11 is 6.29. The van der Waals surface area contributed by atoms with Crippen molar-refractivity contribution in [3.8, 4) is 5.75 Å². The topological polar surface area (TPSA) is 58.6 Å². The first-order valence-corrected chi connectivity index (χ1v) is 14.1. The molecule has 1 N–H and O–H groups in total. The molecular formula is C32H34ClFN2O3. The number of nitrogens with one attached hydrogen (secondary N) is 1. The number of anilines is 1. The van der Waals surface area contributed by atoms with Crippen LogP contribution in [-0.4, -0.2) is 29.4 Å². The average Bonchev–Trinajstić information content (AvgIpc) is 3.44. The highest BCUT2D eigenvalue weighted by molar-refractivity contribution is 6.31. The van der Waals surface area contributed by atoms with Crippen LogP contribution in [0.4, 0.5) is 10.1 Å². The number of amides is 2. The van der Waals surface area contributed by atoms with Crippen molar-refractivity contribution < 1.29 is 18.7 Å². The van der Waals surface area contributed by atoms with Crippen LogP contribution >= 0.6 is 11.6 Å². The molecule has 0 unspecified atom stereocenters. The Balaban J connectivity index is 1.47. The van der Waals surface area contributed by atoms with Gasteiger partial charge in [0.15, 0.2) is 0 Å². The third-order valence-electron chi connectivity index (χ3n) is 7.93. The molecule has 2 aliphatic rings. The van der Waals surface area contributed by atoms with E-state index in [-0.39, 0.29) is 17.6 Å². The SMILES string of the molecule is Cc1ccc(NC(=O)[C@H]2CCCN(C(=O)c3c(C)cccc3F)[C@H]2c2ccc(OC3CCCC3)cc2)cc1Cl. The van der Waals surface area contributed by atoms with Crippen molar-refractivity contribution in [2.45, 2.75) is 64.5 Å². The molecule has 0 radical (unpaired) electrons. The highest BCUT2D eigenvalue weighted by Crippen LogP contribution is 2.39.